The summed E-state index contributed by atoms with van der Waals surface area (Å²) in [5.74, 6) is -1.27. The van der Waals surface area contributed by atoms with Gasteiger partial charge in [-0.2, -0.15) is 0 Å². The summed E-state index contributed by atoms with van der Waals surface area (Å²) in [7, 11) is 0. The number of allylic oxidation sites excluding steroid dienone is 12. The molecule has 0 spiro atoms. The quantitative estimate of drug-likeness (QED) is 0.586. The normalized spacial score (nSPS) is 20.2. The van der Waals surface area contributed by atoms with Crippen molar-refractivity contribution in [2.24, 2.45) is 20.0 Å². The van der Waals surface area contributed by atoms with Gasteiger partial charge in [-0.25, -0.2) is 28.8 Å². The summed E-state index contributed by atoms with van der Waals surface area (Å²) in [4.78, 5) is 18.5. The second kappa shape index (κ2) is 7.13. The maximum absolute atomic E-state index is 14.6. The third kappa shape index (κ3) is 3.41. The van der Waals surface area contributed by atoms with Gasteiger partial charge in [0.2, 0.25) is 0 Å². The first-order chi connectivity index (χ1) is 15.6. The highest BCUT2D eigenvalue weighted by Crippen LogP contribution is 2.32. The van der Waals surface area contributed by atoms with Gasteiger partial charge in [0.05, 0.1) is 45.6 Å². The Labute approximate surface area is 182 Å². The number of aliphatic imine (C=N–C) groups is 4. The molecule has 32 heavy (non-hydrogen) atoms. The van der Waals surface area contributed by atoms with Gasteiger partial charge in [-0.05, 0) is 79.0 Å². The van der Waals surface area contributed by atoms with Gasteiger partial charge in [0.25, 0.3) is 0 Å². The number of nitrogens with zero attached hydrogens (tertiary/aromatic N) is 4. The first-order valence-electron chi connectivity index (χ1n) is 10.0. The van der Waals surface area contributed by atoms with Gasteiger partial charge in [-0.3, -0.25) is 0 Å². The van der Waals surface area contributed by atoms with Crippen molar-refractivity contribution in [3.05, 3.63) is 125 Å². The van der Waals surface area contributed by atoms with E-state index < -0.39 is 11.6 Å². The van der Waals surface area contributed by atoms with E-state index in [9.17, 15) is 8.78 Å². The second-order valence-corrected chi connectivity index (χ2v) is 7.57. The molecule has 5 aliphatic rings. The van der Waals surface area contributed by atoms with Crippen molar-refractivity contribution >= 4 is 28.4 Å². The van der Waals surface area contributed by atoms with E-state index in [-0.39, 0.29) is 5.56 Å². The minimum absolute atomic E-state index is 0.277. The van der Waals surface area contributed by atoms with Crippen LogP contribution in [0.4, 0.5) is 8.78 Å². The van der Waals surface area contributed by atoms with E-state index in [1.54, 1.807) is 12.2 Å². The molecular weight excluding hydrogens is 406 g/mol. The highest BCUT2D eigenvalue weighted by Gasteiger charge is 2.20. The first kappa shape index (κ1) is 18.4. The van der Waals surface area contributed by atoms with Crippen LogP contribution in [0.2, 0.25) is 0 Å². The monoisotopic (exact) mass is 420 g/mol. The maximum atomic E-state index is 14.6. The van der Waals surface area contributed by atoms with Crippen molar-refractivity contribution in [3.63, 3.8) is 0 Å². The minimum Gasteiger partial charge on any atom is -0.249 e. The van der Waals surface area contributed by atoms with E-state index in [0.717, 1.165) is 34.6 Å². The SMILES string of the molecule is Fc1ccc(C2=CC3=NC2=CC2=NC(=CC4=NC(=CC5=NC(=C3)C=C5)C=C4)C=C2)c(F)c1. The molecule has 5 aliphatic heterocycles. The molecule has 0 atom stereocenters. The molecule has 6 heteroatoms. The molecule has 0 aromatic heterocycles. The Balaban J connectivity index is 1.51. The van der Waals surface area contributed by atoms with Gasteiger partial charge in [-0.1, -0.05) is 0 Å². The average molecular weight is 420 g/mol. The third-order valence-corrected chi connectivity index (χ3v) is 5.26. The number of hydrogen-bond donors (Lipinski definition) is 0. The van der Waals surface area contributed by atoms with E-state index in [2.05, 4.69) is 20.0 Å². The molecule has 0 saturated carbocycles. The Morgan fingerprint density at radius 3 is 1.69 bits per heavy atom. The summed E-state index contributed by atoms with van der Waals surface area (Å²) >= 11 is 0. The minimum atomic E-state index is -0.643. The Morgan fingerprint density at radius 2 is 1.09 bits per heavy atom. The summed E-state index contributed by atoms with van der Waals surface area (Å²) in [6.07, 6.45) is 20.6. The topological polar surface area (TPSA) is 49.4 Å². The highest BCUT2D eigenvalue weighted by atomic mass is 19.1. The number of benzene rings is 1. The molecule has 152 valence electrons. The van der Waals surface area contributed by atoms with Gasteiger partial charge in [-0.15, -0.1) is 0 Å². The zero-order valence-corrected chi connectivity index (χ0v) is 16.6. The maximum Gasteiger partial charge on any atom is 0.134 e. The fraction of sp³-hybridized carbons (Fsp3) is 0. The average Bonchev–Trinajstić information content (AvgIpc) is 3.53. The van der Waals surface area contributed by atoms with E-state index in [4.69, 9.17) is 0 Å². The van der Waals surface area contributed by atoms with Gasteiger partial charge >= 0.3 is 0 Å². The lowest BCUT2D eigenvalue weighted by atomic mass is 10.0. The molecule has 0 amide bonds. The summed E-state index contributed by atoms with van der Waals surface area (Å²) in [6.45, 7) is 0. The fourth-order valence-corrected chi connectivity index (χ4v) is 3.82. The van der Waals surface area contributed by atoms with Crippen molar-refractivity contribution in [2.45, 2.75) is 0 Å². The molecule has 8 bridgehead atoms. The Kier molecular flexibility index (Phi) is 4.11. The zero-order valence-electron chi connectivity index (χ0n) is 16.6. The summed E-state index contributed by atoms with van der Waals surface area (Å²) in [5.41, 5.74) is 6.58. The molecule has 5 heterocycles. The Hall–Kier alpha value is -4.32. The van der Waals surface area contributed by atoms with Crippen LogP contribution in [0, 0.1) is 11.6 Å². The van der Waals surface area contributed by atoms with Crippen molar-refractivity contribution < 1.29 is 8.78 Å². The van der Waals surface area contributed by atoms with Crippen molar-refractivity contribution in [1.82, 2.24) is 0 Å². The molecule has 0 unspecified atom stereocenters. The molecule has 0 saturated heterocycles. The molecule has 0 aliphatic carbocycles. The van der Waals surface area contributed by atoms with Crippen molar-refractivity contribution in [1.29, 1.82) is 0 Å². The van der Waals surface area contributed by atoms with Crippen LogP contribution < -0.4 is 0 Å². The summed E-state index contributed by atoms with van der Waals surface area (Å²) in [5, 5.41) is 0. The third-order valence-electron chi connectivity index (χ3n) is 5.26. The van der Waals surface area contributed by atoms with Crippen LogP contribution >= 0.6 is 0 Å². The van der Waals surface area contributed by atoms with Crippen LogP contribution in [0.5, 0.6) is 0 Å². The van der Waals surface area contributed by atoms with E-state index >= 15 is 0 Å². The molecular formula is C26H14F2N4. The van der Waals surface area contributed by atoms with Gasteiger partial charge in [0.1, 0.15) is 11.6 Å². The highest BCUT2D eigenvalue weighted by molar-refractivity contribution is 6.19. The molecule has 4 nitrogen and oxygen atoms in total. The van der Waals surface area contributed by atoms with Crippen LogP contribution in [0.15, 0.2) is 128 Å². The second-order valence-electron chi connectivity index (χ2n) is 7.57. The molecule has 0 N–H and O–H groups in total. The number of hydrogen-bond acceptors (Lipinski definition) is 4. The van der Waals surface area contributed by atoms with E-state index in [1.165, 1.54) is 12.1 Å². The fourth-order valence-electron chi connectivity index (χ4n) is 3.82. The van der Waals surface area contributed by atoms with Crippen LogP contribution in [0.25, 0.3) is 5.57 Å². The first-order valence-corrected chi connectivity index (χ1v) is 10.0. The van der Waals surface area contributed by atoms with Gasteiger partial charge in [0.15, 0.2) is 0 Å². The standard InChI is InChI=1S/C26H14F2N4/c27-15-1-8-23(25(28)9-15)24-13-22-12-20-5-4-18(30-20)10-16-2-3-17(29-16)11-19-6-7-21(31-19)14-26(24)32-22/h1-14H. The Morgan fingerprint density at radius 1 is 0.531 bits per heavy atom. The predicted octanol–water partition coefficient (Wildman–Crippen LogP) is 5.38. The molecule has 6 rings (SSSR count). The lowest BCUT2D eigenvalue weighted by molar-refractivity contribution is 0.581. The number of rotatable bonds is 1. The predicted molar refractivity (Wildman–Crippen MR) is 124 cm³/mol. The molecule has 0 radical (unpaired) electrons. The zero-order chi connectivity index (χ0) is 21.7. The van der Waals surface area contributed by atoms with E-state index in [0.29, 0.717) is 22.7 Å². The number of halogens is 2. The Bertz CT molecular complexity index is 1460. The summed E-state index contributed by atoms with van der Waals surface area (Å²) in [6, 6.07) is 3.54. The smallest absolute Gasteiger partial charge is 0.134 e. The van der Waals surface area contributed by atoms with Gasteiger partial charge in [0, 0.05) is 17.2 Å². The summed E-state index contributed by atoms with van der Waals surface area (Å²) < 4.78 is 28.1. The lowest BCUT2D eigenvalue weighted by Crippen LogP contribution is -1.94. The van der Waals surface area contributed by atoms with Crippen LogP contribution in [0.3, 0.4) is 0 Å². The molecule has 1 aromatic carbocycles. The van der Waals surface area contributed by atoms with Crippen LogP contribution in [-0.2, 0) is 0 Å². The van der Waals surface area contributed by atoms with Gasteiger partial charge < -0.3 is 0 Å². The number of fused-ring (bicyclic) bond motifs is 4. The van der Waals surface area contributed by atoms with E-state index in [1.807, 2.05) is 54.7 Å². The van der Waals surface area contributed by atoms with Crippen molar-refractivity contribution in [2.75, 3.05) is 0 Å². The van der Waals surface area contributed by atoms with Crippen molar-refractivity contribution in [3.8, 4) is 0 Å². The largest absolute Gasteiger partial charge is 0.249 e. The molecule has 1 aromatic rings. The molecule has 0 fully saturated rings. The van der Waals surface area contributed by atoms with Crippen LogP contribution in [0.1, 0.15) is 5.56 Å². The lowest BCUT2D eigenvalue weighted by Gasteiger charge is -2.06. The van der Waals surface area contributed by atoms with Crippen LogP contribution in [-0.4, -0.2) is 22.8 Å².